The average molecular weight is 275 g/mol. The molecule has 1 aromatic rings. The molecule has 0 spiro atoms. The SMILES string of the molecule is CCc1ccc(C(C)N(CC(=O)O)C2CCCC2)cc1. The molecule has 1 N–H and O–H groups in total. The molecule has 0 bridgehead atoms. The van der Waals surface area contributed by atoms with Crippen molar-refractivity contribution in [2.24, 2.45) is 0 Å². The standard InChI is InChI=1S/C17H25NO2/c1-3-14-8-10-15(11-9-14)13(2)18(12-17(19)20)16-6-4-5-7-16/h8-11,13,16H,3-7,12H2,1-2H3,(H,19,20). The van der Waals surface area contributed by atoms with Crippen LogP contribution in [0, 0.1) is 0 Å². The Morgan fingerprint density at radius 1 is 1.30 bits per heavy atom. The fourth-order valence-corrected chi connectivity index (χ4v) is 3.20. The lowest BCUT2D eigenvalue weighted by atomic mass is 10.0. The molecule has 2 rings (SSSR count). The summed E-state index contributed by atoms with van der Waals surface area (Å²) in [5, 5.41) is 9.18. The van der Waals surface area contributed by atoms with Crippen LogP contribution in [-0.2, 0) is 11.2 Å². The van der Waals surface area contributed by atoms with Crippen molar-refractivity contribution in [2.45, 2.75) is 58.0 Å². The Morgan fingerprint density at radius 2 is 1.90 bits per heavy atom. The number of carboxylic acid groups (broad SMARTS) is 1. The van der Waals surface area contributed by atoms with Gasteiger partial charge in [-0.2, -0.15) is 0 Å². The Labute approximate surface area is 121 Å². The van der Waals surface area contributed by atoms with Crippen LogP contribution in [0.4, 0.5) is 0 Å². The van der Waals surface area contributed by atoms with Crippen LogP contribution in [0.3, 0.4) is 0 Å². The van der Waals surface area contributed by atoms with Crippen LogP contribution < -0.4 is 0 Å². The van der Waals surface area contributed by atoms with Crippen LogP contribution in [0.1, 0.15) is 56.7 Å². The molecule has 1 aromatic carbocycles. The summed E-state index contributed by atoms with van der Waals surface area (Å²) in [5.74, 6) is -0.728. The van der Waals surface area contributed by atoms with E-state index in [0.717, 1.165) is 19.3 Å². The van der Waals surface area contributed by atoms with E-state index < -0.39 is 5.97 Å². The van der Waals surface area contributed by atoms with E-state index in [1.54, 1.807) is 0 Å². The summed E-state index contributed by atoms with van der Waals surface area (Å²) < 4.78 is 0. The minimum atomic E-state index is -0.728. The topological polar surface area (TPSA) is 40.5 Å². The van der Waals surface area contributed by atoms with E-state index in [2.05, 4.69) is 43.0 Å². The Morgan fingerprint density at radius 3 is 2.40 bits per heavy atom. The maximum Gasteiger partial charge on any atom is 0.317 e. The molecular formula is C17H25NO2. The van der Waals surface area contributed by atoms with E-state index in [1.165, 1.54) is 24.0 Å². The second kappa shape index (κ2) is 6.89. The quantitative estimate of drug-likeness (QED) is 0.861. The zero-order valence-corrected chi connectivity index (χ0v) is 12.5. The highest BCUT2D eigenvalue weighted by molar-refractivity contribution is 5.69. The zero-order valence-electron chi connectivity index (χ0n) is 12.5. The molecular weight excluding hydrogens is 250 g/mol. The predicted octanol–water partition coefficient (Wildman–Crippen LogP) is 3.64. The summed E-state index contributed by atoms with van der Waals surface area (Å²) in [4.78, 5) is 13.3. The number of nitrogens with zero attached hydrogens (tertiary/aromatic N) is 1. The van der Waals surface area contributed by atoms with E-state index in [-0.39, 0.29) is 12.6 Å². The molecule has 3 heteroatoms. The van der Waals surface area contributed by atoms with Crippen LogP contribution >= 0.6 is 0 Å². The number of aliphatic carboxylic acids is 1. The molecule has 0 heterocycles. The van der Waals surface area contributed by atoms with Gasteiger partial charge in [0.15, 0.2) is 0 Å². The Hall–Kier alpha value is -1.35. The summed E-state index contributed by atoms with van der Waals surface area (Å²) in [6.07, 6.45) is 5.75. The van der Waals surface area contributed by atoms with Crippen molar-refractivity contribution in [3.05, 3.63) is 35.4 Å². The van der Waals surface area contributed by atoms with Crippen LogP contribution in [0.5, 0.6) is 0 Å². The van der Waals surface area contributed by atoms with Crippen molar-refractivity contribution in [1.82, 2.24) is 4.90 Å². The number of hydrogen-bond acceptors (Lipinski definition) is 2. The smallest absolute Gasteiger partial charge is 0.317 e. The fraction of sp³-hybridized carbons (Fsp3) is 0.588. The first-order chi connectivity index (χ1) is 9.61. The van der Waals surface area contributed by atoms with Crippen LogP contribution in [0.25, 0.3) is 0 Å². The minimum absolute atomic E-state index is 0.140. The van der Waals surface area contributed by atoms with E-state index in [0.29, 0.717) is 6.04 Å². The van der Waals surface area contributed by atoms with Gasteiger partial charge in [-0.15, -0.1) is 0 Å². The lowest BCUT2D eigenvalue weighted by Gasteiger charge is -2.33. The van der Waals surface area contributed by atoms with E-state index >= 15 is 0 Å². The summed E-state index contributed by atoms with van der Waals surface area (Å²) in [6.45, 7) is 4.41. The van der Waals surface area contributed by atoms with Gasteiger partial charge in [0.2, 0.25) is 0 Å². The van der Waals surface area contributed by atoms with E-state index in [9.17, 15) is 9.90 Å². The molecule has 1 saturated carbocycles. The van der Waals surface area contributed by atoms with Gasteiger partial charge in [0.25, 0.3) is 0 Å². The van der Waals surface area contributed by atoms with Gasteiger partial charge in [0, 0.05) is 12.1 Å². The first-order valence-electron chi connectivity index (χ1n) is 7.68. The molecule has 0 amide bonds. The first kappa shape index (κ1) is 15.0. The summed E-state index contributed by atoms with van der Waals surface area (Å²) in [5.41, 5.74) is 2.54. The maximum absolute atomic E-state index is 11.2. The van der Waals surface area contributed by atoms with E-state index in [4.69, 9.17) is 0 Å². The molecule has 20 heavy (non-hydrogen) atoms. The van der Waals surface area contributed by atoms with Gasteiger partial charge in [-0.3, -0.25) is 9.69 Å². The number of carbonyl (C=O) groups is 1. The van der Waals surface area contributed by atoms with Crippen LogP contribution in [0.15, 0.2) is 24.3 Å². The highest BCUT2D eigenvalue weighted by Crippen LogP contribution is 2.30. The fourth-order valence-electron chi connectivity index (χ4n) is 3.20. The Balaban J connectivity index is 2.15. The van der Waals surface area contributed by atoms with Gasteiger partial charge in [-0.25, -0.2) is 0 Å². The van der Waals surface area contributed by atoms with Gasteiger partial charge in [-0.05, 0) is 37.3 Å². The normalized spacial score (nSPS) is 17.6. The zero-order chi connectivity index (χ0) is 14.5. The van der Waals surface area contributed by atoms with Crippen molar-refractivity contribution in [1.29, 1.82) is 0 Å². The molecule has 1 fully saturated rings. The third-order valence-corrected chi connectivity index (χ3v) is 4.48. The number of hydrogen-bond donors (Lipinski definition) is 1. The average Bonchev–Trinajstić information content (AvgIpc) is 2.98. The molecule has 1 unspecified atom stereocenters. The van der Waals surface area contributed by atoms with Crippen LogP contribution in [0.2, 0.25) is 0 Å². The maximum atomic E-state index is 11.2. The molecule has 0 saturated heterocycles. The summed E-state index contributed by atoms with van der Waals surface area (Å²) in [6, 6.07) is 9.19. The van der Waals surface area contributed by atoms with E-state index in [1.807, 2.05) is 0 Å². The number of benzene rings is 1. The third kappa shape index (κ3) is 3.60. The first-order valence-corrected chi connectivity index (χ1v) is 7.68. The van der Waals surface area contributed by atoms with Gasteiger partial charge < -0.3 is 5.11 Å². The predicted molar refractivity (Wildman–Crippen MR) is 80.8 cm³/mol. The monoisotopic (exact) mass is 275 g/mol. The molecule has 110 valence electrons. The van der Waals surface area contributed by atoms with Crippen molar-refractivity contribution < 1.29 is 9.90 Å². The molecule has 0 aliphatic heterocycles. The van der Waals surface area contributed by atoms with Crippen molar-refractivity contribution >= 4 is 5.97 Å². The van der Waals surface area contributed by atoms with Gasteiger partial charge in [-0.1, -0.05) is 44.0 Å². The van der Waals surface area contributed by atoms with Gasteiger partial charge in [0.05, 0.1) is 6.54 Å². The molecule has 0 aromatic heterocycles. The lowest BCUT2D eigenvalue weighted by Crippen LogP contribution is -2.39. The molecule has 1 atom stereocenters. The van der Waals surface area contributed by atoms with Gasteiger partial charge in [0.1, 0.15) is 0 Å². The second-order valence-corrected chi connectivity index (χ2v) is 5.78. The van der Waals surface area contributed by atoms with Gasteiger partial charge >= 0.3 is 5.97 Å². The Kier molecular flexibility index (Phi) is 5.18. The number of carboxylic acids is 1. The minimum Gasteiger partial charge on any atom is -0.480 e. The van der Waals surface area contributed by atoms with Crippen molar-refractivity contribution in [3.63, 3.8) is 0 Å². The molecule has 1 aliphatic carbocycles. The number of aryl methyl sites for hydroxylation is 1. The highest BCUT2D eigenvalue weighted by atomic mass is 16.4. The molecule has 0 radical (unpaired) electrons. The third-order valence-electron chi connectivity index (χ3n) is 4.48. The van der Waals surface area contributed by atoms with Crippen molar-refractivity contribution in [2.75, 3.05) is 6.54 Å². The largest absolute Gasteiger partial charge is 0.480 e. The van der Waals surface area contributed by atoms with Crippen LogP contribution in [-0.4, -0.2) is 28.6 Å². The summed E-state index contributed by atoms with van der Waals surface area (Å²) in [7, 11) is 0. The Bertz CT molecular complexity index is 435. The molecule has 3 nitrogen and oxygen atoms in total. The molecule has 1 aliphatic rings. The summed E-state index contributed by atoms with van der Waals surface area (Å²) >= 11 is 0. The lowest BCUT2D eigenvalue weighted by molar-refractivity contribution is -0.139. The number of rotatable bonds is 6. The highest BCUT2D eigenvalue weighted by Gasteiger charge is 2.28. The second-order valence-electron chi connectivity index (χ2n) is 5.78. The van der Waals surface area contributed by atoms with Crippen molar-refractivity contribution in [3.8, 4) is 0 Å².